The number of carboxylic acids is 1. The number of benzene rings is 1. The topological polar surface area (TPSA) is 75.6 Å². The second kappa shape index (κ2) is 7.24. The Morgan fingerprint density at radius 1 is 1.32 bits per heavy atom. The third-order valence-electron chi connectivity index (χ3n) is 4.30. The highest BCUT2D eigenvalue weighted by Crippen LogP contribution is 2.41. The lowest BCUT2D eigenvalue weighted by atomic mass is 9.78. The molecule has 120 valence electrons. The maximum absolute atomic E-state index is 12.7. The van der Waals surface area contributed by atoms with E-state index in [9.17, 15) is 9.59 Å². The number of halogens is 1. The minimum Gasteiger partial charge on any atom is -0.479 e. The molecule has 1 aromatic rings. The number of carbonyl (C=O) groups is 2. The van der Waals surface area contributed by atoms with Crippen molar-refractivity contribution >= 4 is 27.8 Å². The minimum absolute atomic E-state index is 0.0249. The van der Waals surface area contributed by atoms with Gasteiger partial charge in [0.1, 0.15) is 0 Å². The van der Waals surface area contributed by atoms with Gasteiger partial charge in [0.2, 0.25) is 5.91 Å². The molecule has 0 heterocycles. The van der Waals surface area contributed by atoms with E-state index in [1.807, 2.05) is 24.3 Å². The molecule has 0 aliphatic heterocycles. The molecule has 1 aromatic carbocycles. The fourth-order valence-corrected chi connectivity index (χ4v) is 3.28. The van der Waals surface area contributed by atoms with E-state index in [4.69, 9.17) is 9.84 Å². The van der Waals surface area contributed by atoms with Gasteiger partial charge in [-0.2, -0.15) is 0 Å². The smallest absolute Gasteiger partial charge is 0.334 e. The van der Waals surface area contributed by atoms with Gasteiger partial charge in [0.05, 0.1) is 12.0 Å². The summed E-state index contributed by atoms with van der Waals surface area (Å²) in [4.78, 5) is 23.7. The number of rotatable bonds is 6. The van der Waals surface area contributed by atoms with Crippen LogP contribution in [0.15, 0.2) is 28.7 Å². The van der Waals surface area contributed by atoms with Crippen LogP contribution in [0.3, 0.4) is 0 Å². The number of hydrogen-bond donors (Lipinski definition) is 2. The first-order chi connectivity index (χ1) is 10.5. The van der Waals surface area contributed by atoms with Crippen molar-refractivity contribution in [2.75, 3.05) is 13.7 Å². The molecular weight excluding hydrogens is 350 g/mol. The summed E-state index contributed by atoms with van der Waals surface area (Å²) in [6, 6.07) is 7.77. The maximum Gasteiger partial charge on any atom is 0.334 e. The van der Waals surface area contributed by atoms with E-state index >= 15 is 0 Å². The molecule has 2 rings (SSSR count). The van der Waals surface area contributed by atoms with Gasteiger partial charge >= 0.3 is 5.97 Å². The molecule has 6 heteroatoms. The summed E-state index contributed by atoms with van der Waals surface area (Å²) in [7, 11) is 1.32. The fourth-order valence-electron chi connectivity index (χ4n) is 3.02. The quantitative estimate of drug-likeness (QED) is 0.807. The van der Waals surface area contributed by atoms with Crippen molar-refractivity contribution in [2.24, 2.45) is 0 Å². The van der Waals surface area contributed by atoms with Crippen molar-refractivity contribution in [3.8, 4) is 0 Å². The van der Waals surface area contributed by atoms with Crippen molar-refractivity contribution in [1.29, 1.82) is 0 Å². The lowest BCUT2D eigenvalue weighted by Crippen LogP contribution is -2.46. The predicted octanol–water partition coefficient (Wildman–Crippen LogP) is 2.48. The van der Waals surface area contributed by atoms with E-state index < -0.39 is 17.5 Å². The average molecular weight is 370 g/mol. The number of amides is 1. The molecule has 1 atom stereocenters. The van der Waals surface area contributed by atoms with Crippen LogP contribution in [0.2, 0.25) is 0 Å². The summed E-state index contributed by atoms with van der Waals surface area (Å²) < 4.78 is 5.83. The average Bonchev–Trinajstić information content (AvgIpc) is 2.99. The number of carboxylic acid groups (broad SMARTS) is 1. The van der Waals surface area contributed by atoms with Gasteiger partial charge in [-0.1, -0.05) is 40.9 Å². The third-order valence-corrected chi connectivity index (χ3v) is 4.83. The summed E-state index contributed by atoms with van der Waals surface area (Å²) in [5, 5.41) is 11.7. The Labute approximate surface area is 138 Å². The highest BCUT2D eigenvalue weighted by Gasteiger charge is 2.42. The standard InChI is InChI=1S/C16H20BrNO4/c1-22-13(14(19)20)10-18-15(21)16(8-2-3-9-16)11-4-6-12(17)7-5-11/h4-7,13H,2-3,8-10H2,1H3,(H,18,21)(H,19,20). The molecule has 22 heavy (non-hydrogen) atoms. The maximum atomic E-state index is 12.7. The molecule has 1 aliphatic rings. The predicted molar refractivity (Wildman–Crippen MR) is 85.7 cm³/mol. The summed E-state index contributed by atoms with van der Waals surface area (Å²) >= 11 is 3.40. The van der Waals surface area contributed by atoms with Crippen molar-refractivity contribution < 1.29 is 19.4 Å². The first-order valence-electron chi connectivity index (χ1n) is 7.29. The second-order valence-electron chi connectivity index (χ2n) is 5.57. The molecule has 1 fully saturated rings. The fraction of sp³-hybridized carbons (Fsp3) is 0.500. The summed E-state index contributed by atoms with van der Waals surface area (Å²) in [6.45, 7) is -0.0249. The van der Waals surface area contributed by atoms with Crippen LogP contribution >= 0.6 is 15.9 Å². The minimum atomic E-state index is -1.08. The molecule has 0 aromatic heterocycles. The van der Waals surface area contributed by atoms with Gasteiger partial charge in [0.15, 0.2) is 6.10 Å². The Morgan fingerprint density at radius 3 is 2.41 bits per heavy atom. The normalized spacial score (nSPS) is 17.9. The van der Waals surface area contributed by atoms with Gasteiger partial charge < -0.3 is 15.2 Å². The number of nitrogens with one attached hydrogen (secondary N) is 1. The second-order valence-corrected chi connectivity index (χ2v) is 6.48. The first-order valence-corrected chi connectivity index (χ1v) is 8.09. The van der Waals surface area contributed by atoms with Gasteiger partial charge in [-0.05, 0) is 30.5 Å². The van der Waals surface area contributed by atoms with E-state index in [2.05, 4.69) is 21.2 Å². The third kappa shape index (κ3) is 3.50. The van der Waals surface area contributed by atoms with Gasteiger partial charge in [0.25, 0.3) is 0 Å². The Hall–Kier alpha value is -1.40. The molecule has 2 N–H and O–H groups in total. The molecule has 1 saturated carbocycles. The Kier molecular flexibility index (Phi) is 5.58. The van der Waals surface area contributed by atoms with Crippen LogP contribution in [0.5, 0.6) is 0 Å². The zero-order chi connectivity index (χ0) is 16.2. The number of hydrogen-bond acceptors (Lipinski definition) is 3. The lowest BCUT2D eigenvalue weighted by molar-refractivity contribution is -0.148. The number of methoxy groups -OCH3 is 1. The van der Waals surface area contributed by atoms with Crippen LogP contribution in [-0.2, 0) is 19.7 Å². The van der Waals surface area contributed by atoms with E-state index in [-0.39, 0.29) is 12.5 Å². The summed E-state index contributed by atoms with van der Waals surface area (Å²) in [6.07, 6.45) is 2.54. The van der Waals surface area contributed by atoms with Crippen LogP contribution in [0.4, 0.5) is 0 Å². The molecule has 1 unspecified atom stereocenters. The molecule has 1 aliphatic carbocycles. The molecule has 0 bridgehead atoms. The summed E-state index contributed by atoms with van der Waals surface area (Å²) in [5.74, 6) is -1.19. The van der Waals surface area contributed by atoms with Crippen LogP contribution in [0.25, 0.3) is 0 Å². The van der Waals surface area contributed by atoms with Crippen LogP contribution < -0.4 is 5.32 Å². The molecule has 0 spiro atoms. The Bertz CT molecular complexity index is 538. The highest BCUT2D eigenvalue weighted by molar-refractivity contribution is 9.10. The van der Waals surface area contributed by atoms with Crippen LogP contribution in [0, 0.1) is 0 Å². The van der Waals surface area contributed by atoms with Crippen molar-refractivity contribution in [1.82, 2.24) is 5.32 Å². The van der Waals surface area contributed by atoms with E-state index in [1.165, 1.54) is 7.11 Å². The zero-order valence-electron chi connectivity index (χ0n) is 12.5. The lowest BCUT2D eigenvalue weighted by Gasteiger charge is -2.29. The summed E-state index contributed by atoms with van der Waals surface area (Å²) in [5.41, 5.74) is 0.423. The van der Waals surface area contributed by atoms with Crippen LogP contribution in [0.1, 0.15) is 31.2 Å². The van der Waals surface area contributed by atoms with E-state index in [0.717, 1.165) is 35.7 Å². The van der Waals surface area contributed by atoms with E-state index in [1.54, 1.807) is 0 Å². The number of carbonyl (C=O) groups excluding carboxylic acids is 1. The number of ether oxygens (including phenoxy) is 1. The van der Waals surface area contributed by atoms with Gasteiger partial charge in [0, 0.05) is 11.6 Å². The highest BCUT2D eigenvalue weighted by atomic mass is 79.9. The molecular formula is C16H20BrNO4. The molecule has 1 amide bonds. The van der Waals surface area contributed by atoms with E-state index in [0.29, 0.717) is 0 Å². The van der Waals surface area contributed by atoms with Gasteiger partial charge in [-0.3, -0.25) is 4.79 Å². The monoisotopic (exact) mass is 369 g/mol. The van der Waals surface area contributed by atoms with Gasteiger partial charge in [-0.15, -0.1) is 0 Å². The zero-order valence-corrected chi connectivity index (χ0v) is 14.1. The largest absolute Gasteiger partial charge is 0.479 e. The molecule has 5 nitrogen and oxygen atoms in total. The molecule has 0 saturated heterocycles. The SMILES string of the molecule is COC(CNC(=O)C1(c2ccc(Br)cc2)CCCC1)C(=O)O. The molecule has 0 radical (unpaired) electrons. The Balaban J connectivity index is 2.15. The first kappa shape index (κ1) is 17.0. The van der Waals surface area contributed by atoms with Crippen LogP contribution in [-0.4, -0.2) is 36.7 Å². The van der Waals surface area contributed by atoms with Crippen molar-refractivity contribution in [3.63, 3.8) is 0 Å². The van der Waals surface area contributed by atoms with Gasteiger partial charge in [-0.25, -0.2) is 4.79 Å². The van der Waals surface area contributed by atoms with Crippen molar-refractivity contribution in [3.05, 3.63) is 34.3 Å². The number of aliphatic carboxylic acids is 1. The van der Waals surface area contributed by atoms with Crippen molar-refractivity contribution in [2.45, 2.75) is 37.2 Å². The Morgan fingerprint density at radius 2 is 1.91 bits per heavy atom.